The molecule has 0 bridgehead atoms. The van der Waals surface area contributed by atoms with Crippen LogP contribution in [0.3, 0.4) is 0 Å². The highest BCUT2D eigenvalue weighted by atomic mass is 32.2. The third-order valence-electron chi connectivity index (χ3n) is 2.78. The molecule has 1 heterocycles. The van der Waals surface area contributed by atoms with E-state index in [0.717, 1.165) is 17.1 Å². The van der Waals surface area contributed by atoms with Crippen LogP contribution in [0, 0.1) is 13.8 Å². The first kappa shape index (κ1) is 12.3. The lowest BCUT2D eigenvalue weighted by atomic mass is 10.0. The summed E-state index contributed by atoms with van der Waals surface area (Å²) in [6.45, 7) is 4.18. The summed E-state index contributed by atoms with van der Waals surface area (Å²) in [4.78, 5) is 0. The van der Waals surface area contributed by atoms with Crippen LogP contribution < -0.4 is 0 Å². The van der Waals surface area contributed by atoms with E-state index >= 15 is 0 Å². The van der Waals surface area contributed by atoms with E-state index in [1.54, 1.807) is 0 Å². The SMILES string of the molecule is Cc1cc(C)cc(C(O)C2CSCCS2)c1. The van der Waals surface area contributed by atoms with Gasteiger partial charge >= 0.3 is 0 Å². The maximum absolute atomic E-state index is 10.4. The van der Waals surface area contributed by atoms with Gasteiger partial charge in [0.05, 0.1) is 6.10 Å². The highest BCUT2D eigenvalue weighted by Crippen LogP contribution is 2.33. The monoisotopic (exact) mass is 254 g/mol. The van der Waals surface area contributed by atoms with Crippen LogP contribution in [-0.4, -0.2) is 27.6 Å². The minimum atomic E-state index is -0.309. The summed E-state index contributed by atoms with van der Waals surface area (Å²) < 4.78 is 0. The molecule has 1 N–H and O–H groups in total. The molecule has 16 heavy (non-hydrogen) atoms. The van der Waals surface area contributed by atoms with Gasteiger partial charge in [0.15, 0.2) is 0 Å². The van der Waals surface area contributed by atoms with Crippen molar-refractivity contribution in [1.29, 1.82) is 0 Å². The Kier molecular flexibility index (Phi) is 4.22. The number of thioether (sulfide) groups is 2. The van der Waals surface area contributed by atoms with Gasteiger partial charge in [0, 0.05) is 22.5 Å². The summed E-state index contributed by atoms with van der Waals surface area (Å²) in [5, 5.41) is 10.7. The van der Waals surface area contributed by atoms with E-state index in [9.17, 15) is 5.11 Å². The number of aryl methyl sites for hydroxylation is 2. The third kappa shape index (κ3) is 2.96. The van der Waals surface area contributed by atoms with E-state index in [0.29, 0.717) is 5.25 Å². The Balaban J connectivity index is 2.15. The van der Waals surface area contributed by atoms with Crippen LogP contribution in [0.15, 0.2) is 18.2 Å². The minimum absolute atomic E-state index is 0.309. The van der Waals surface area contributed by atoms with Gasteiger partial charge in [-0.25, -0.2) is 0 Å². The molecule has 0 radical (unpaired) electrons. The smallest absolute Gasteiger partial charge is 0.0916 e. The predicted octanol–water partition coefficient (Wildman–Crippen LogP) is 3.19. The molecule has 0 aromatic heterocycles. The molecule has 3 heteroatoms. The predicted molar refractivity (Wildman–Crippen MR) is 74.4 cm³/mol. The molecule has 2 atom stereocenters. The minimum Gasteiger partial charge on any atom is -0.387 e. The van der Waals surface area contributed by atoms with Crippen molar-refractivity contribution in [3.63, 3.8) is 0 Å². The normalized spacial score (nSPS) is 23.1. The first-order chi connectivity index (χ1) is 7.66. The van der Waals surface area contributed by atoms with Gasteiger partial charge in [-0.2, -0.15) is 23.5 Å². The van der Waals surface area contributed by atoms with Crippen LogP contribution in [-0.2, 0) is 0 Å². The number of aliphatic hydroxyl groups excluding tert-OH is 1. The summed E-state index contributed by atoms with van der Waals surface area (Å²) in [6, 6.07) is 6.37. The number of aliphatic hydroxyl groups is 1. The van der Waals surface area contributed by atoms with E-state index < -0.39 is 0 Å². The zero-order valence-corrected chi connectivity index (χ0v) is 11.4. The first-order valence-electron chi connectivity index (χ1n) is 5.62. The summed E-state index contributed by atoms with van der Waals surface area (Å²) in [5.74, 6) is 3.46. The molecule has 1 saturated heterocycles. The zero-order chi connectivity index (χ0) is 11.5. The lowest BCUT2D eigenvalue weighted by Gasteiger charge is -2.26. The van der Waals surface area contributed by atoms with Crippen molar-refractivity contribution in [1.82, 2.24) is 0 Å². The molecule has 0 amide bonds. The van der Waals surface area contributed by atoms with E-state index in [2.05, 4.69) is 32.0 Å². The average molecular weight is 254 g/mol. The molecule has 88 valence electrons. The number of hydrogen-bond acceptors (Lipinski definition) is 3. The van der Waals surface area contributed by atoms with Gasteiger partial charge in [0.2, 0.25) is 0 Å². The second-order valence-corrected chi connectivity index (χ2v) is 6.85. The first-order valence-corrected chi connectivity index (χ1v) is 7.83. The lowest BCUT2D eigenvalue weighted by Crippen LogP contribution is -2.22. The maximum Gasteiger partial charge on any atom is 0.0916 e. The maximum atomic E-state index is 10.4. The van der Waals surface area contributed by atoms with Crippen LogP contribution >= 0.6 is 23.5 Å². The highest BCUT2D eigenvalue weighted by molar-refractivity contribution is 8.06. The van der Waals surface area contributed by atoms with Crippen LogP contribution in [0.2, 0.25) is 0 Å². The van der Waals surface area contributed by atoms with Crippen molar-refractivity contribution in [2.75, 3.05) is 17.3 Å². The summed E-state index contributed by atoms with van der Waals surface area (Å²) in [7, 11) is 0. The molecule has 1 nitrogen and oxygen atoms in total. The van der Waals surface area contributed by atoms with Crippen molar-refractivity contribution >= 4 is 23.5 Å². The van der Waals surface area contributed by atoms with Gasteiger partial charge in [0.1, 0.15) is 0 Å². The fourth-order valence-corrected chi connectivity index (χ4v) is 4.84. The largest absolute Gasteiger partial charge is 0.387 e. The molecule has 1 aromatic carbocycles. The molecule has 2 unspecified atom stereocenters. The van der Waals surface area contributed by atoms with Gasteiger partial charge in [-0.3, -0.25) is 0 Å². The molecule has 1 aliphatic heterocycles. The zero-order valence-electron chi connectivity index (χ0n) is 9.77. The second-order valence-electron chi connectivity index (χ2n) is 4.35. The van der Waals surface area contributed by atoms with Gasteiger partial charge in [-0.1, -0.05) is 29.3 Å². The van der Waals surface area contributed by atoms with E-state index in [1.165, 1.54) is 16.9 Å². The lowest BCUT2D eigenvalue weighted by molar-refractivity contribution is 0.180. The Morgan fingerprint density at radius 3 is 2.44 bits per heavy atom. The fourth-order valence-electron chi connectivity index (χ4n) is 2.08. The fraction of sp³-hybridized carbons (Fsp3) is 0.538. The quantitative estimate of drug-likeness (QED) is 0.875. The summed E-state index contributed by atoms with van der Waals surface area (Å²) >= 11 is 3.86. The Labute approximate surface area is 106 Å². The molecule has 0 saturated carbocycles. The van der Waals surface area contributed by atoms with Crippen molar-refractivity contribution < 1.29 is 5.11 Å². The second kappa shape index (κ2) is 5.48. The standard InChI is InChI=1S/C13H18OS2/c1-9-5-10(2)7-11(6-9)13(14)12-8-15-3-4-16-12/h5-7,12-14H,3-4,8H2,1-2H3. The molecule has 2 rings (SSSR count). The Bertz CT molecular complexity index is 339. The molecule has 1 aliphatic rings. The summed E-state index contributed by atoms with van der Waals surface area (Å²) in [6.07, 6.45) is -0.309. The Hall–Kier alpha value is -0.120. The molecule has 0 aliphatic carbocycles. The summed E-state index contributed by atoms with van der Waals surface area (Å²) in [5.41, 5.74) is 3.56. The molecule has 1 aromatic rings. The number of hydrogen-bond donors (Lipinski definition) is 1. The van der Waals surface area contributed by atoms with Crippen molar-refractivity contribution in [2.45, 2.75) is 25.2 Å². The van der Waals surface area contributed by atoms with E-state index in [-0.39, 0.29) is 6.10 Å². The Morgan fingerprint density at radius 1 is 1.19 bits per heavy atom. The molecular weight excluding hydrogens is 236 g/mol. The molecule has 1 fully saturated rings. The van der Waals surface area contributed by atoms with Gasteiger partial charge in [-0.15, -0.1) is 0 Å². The van der Waals surface area contributed by atoms with Crippen LogP contribution in [0.5, 0.6) is 0 Å². The van der Waals surface area contributed by atoms with Crippen LogP contribution in [0.1, 0.15) is 22.8 Å². The van der Waals surface area contributed by atoms with Crippen LogP contribution in [0.4, 0.5) is 0 Å². The highest BCUT2D eigenvalue weighted by Gasteiger charge is 2.24. The van der Waals surface area contributed by atoms with Gasteiger partial charge < -0.3 is 5.11 Å². The van der Waals surface area contributed by atoms with Crippen LogP contribution in [0.25, 0.3) is 0 Å². The molecular formula is C13H18OS2. The number of benzene rings is 1. The topological polar surface area (TPSA) is 20.2 Å². The van der Waals surface area contributed by atoms with E-state index in [1.807, 2.05) is 23.5 Å². The van der Waals surface area contributed by atoms with Gasteiger partial charge in [-0.05, 0) is 19.4 Å². The third-order valence-corrected chi connectivity index (χ3v) is 5.63. The molecule has 0 spiro atoms. The van der Waals surface area contributed by atoms with Crippen molar-refractivity contribution in [3.05, 3.63) is 34.9 Å². The van der Waals surface area contributed by atoms with Gasteiger partial charge in [0.25, 0.3) is 0 Å². The van der Waals surface area contributed by atoms with E-state index in [4.69, 9.17) is 0 Å². The van der Waals surface area contributed by atoms with Crippen molar-refractivity contribution in [3.8, 4) is 0 Å². The Morgan fingerprint density at radius 2 is 1.88 bits per heavy atom. The van der Waals surface area contributed by atoms with Crippen molar-refractivity contribution in [2.24, 2.45) is 0 Å². The number of rotatable bonds is 2. The average Bonchev–Trinajstić information content (AvgIpc) is 2.28.